The molecule has 0 heterocycles. The molecule has 0 atom stereocenters. The highest BCUT2D eigenvalue weighted by Gasteiger charge is 2.38. The average Bonchev–Trinajstić information content (AvgIpc) is 2.73. The first-order valence-corrected chi connectivity index (χ1v) is 17.7. The summed E-state index contributed by atoms with van der Waals surface area (Å²) in [5, 5.41) is 3.13. The first-order valence-electron chi connectivity index (χ1n) is 11.8. The Hall–Kier alpha value is -1.76. The minimum atomic E-state index is -1.97. The monoisotopic (exact) mass is 466 g/mol. The van der Waals surface area contributed by atoms with Gasteiger partial charge in [0, 0.05) is 13.0 Å². The van der Waals surface area contributed by atoms with E-state index in [1.165, 1.54) is 21.5 Å². The molecular formula is C28H42O2Si2. The molecular weight excluding hydrogens is 424 g/mol. The van der Waals surface area contributed by atoms with Gasteiger partial charge in [-0.15, -0.1) is 0 Å². The number of allylic oxidation sites excluding steroid dienone is 1. The summed E-state index contributed by atoms with van der Waals surface area (Å²) in [6.07, 6.45) is 2.29. The summed E-state index contributed by atoms with van der Waals surface area (Å²) in [7, 11) is -3.79. The van der Waals surface area contributed by atoms with Gasteiger partial charge in [0.2, 0.25) is 0 Å². The van der Waals surface area contributed by atoms with Gasteiger partial charge in [0.25, 0.3) is 0 Å². The van der Waals surface area contributed by atoms with E-state index in [-0.39, 0.29) is 10.8 Å². The summed E-state index contributed by atoms with van der Waals surface area (Å²) < 4.78 is 6.63. The zero-order valence-corrected chi connectivity index (χ0v) is 23.4. The Kier molecular flexibility index (Phi) is 9.03. The van der Waals surface area contributed by atoms with E-state index in [1.807, 2.05) is 0 Å². The fourth-order valence-electron chi connectivity index (χ4n) is 3.90. The summed E-state index contributed by atoms with van der Waals surface area (Å²) in [6, 6.07) is 21.6. The SMILES string of the molecule is CC(=O)CC/C(=C(\CCO[Si](C)(C)C(C)(C)C)[Si](C)(C)c1ccccc1)c1ccccc1. The van der Waals surface area contributed by atoms with E-state index in [9.17, 15) is 4.79 Å². The molecule has 2 nitrogen and oxygen atoms in total. The van der Waals surface area contributed by atoms with Crippen LogP contribution in [0.2, 0.25) is 31.2 Å². The topological polar surface area (TPSA) is 26.3 Å². The Morgan fingerprint density at radius 1 is 0.812 bits per heavy atom. The Bertz CT molecular complexity index is 907. The molecule has 0 aliphatic heterocycles. The average molecular weight is 467 g/mol. The van der Waals surface area contributed by atoms with Crippen molar-refractivity contribution in [1.82, 2.24) is 0 Å². The zero-order valence-electron chi connectivity index (χ0n) is 21.4. The van der Waals surface area contributed by atoms with Crippen molar-refractivity contribution in [3.05, 3.63) is 71.4 Å². The maximum Gasteiger partial charge on any atom is 0.191 e. The highest BCUT2D eigenvalue weighted by Crippen LogP contribution is 2.38. The number of hydrogen-bond acceptors (Lipinski definition) is 2. The molecule has 2 aromatic carbocycles. The molecule has 0 aromatic heterocycles. The molecule has 0 aliphatic carbocycles. The fraction of sp³-hybridized carbons (Fsp3) is 0.464. The number of ketones is 1. The second-order valence-electron chi connectivity index (χ2n) is 10.9. The minimum Gasteiger partial charge on any atom is -0.417 e. The first kappa shape index (κ1) is 26.5. The first-order chi connectivity index (χ1) is 14.9. The third-order valence-electron chi connectivity index (χ3n) is 7.08. The molecule has 0 unspecified atom stereocenters. The van der Waals surface area contributed by atoms with E-state index in [1.54, 1.807) is 6.92 Å². The molecule has 0 fully saturated rings. The molecule has 0 aliphatic rings. The van der Waals surface area contributed by atoms with Gasteiger partial charge in [0.1, 0.15) is 13.9 Å². The molecule has 2 aromatic rings. The Morgan fingerprint density at radius 3 is 1.84 bits per heavy atom. The molecule has 174 valence electrons. The van der Waals surface area contributed by atoms with Gasteiger partial charge in [-0.25, -0.2) is 0 Å². The van der Waals surface area contributed by atoms with Crippen molar-refractivity contribution in [3.8, 4) is 0 Å². The summed E-state index contributed by atoms with van der Waals surface area (Å²) in [4.78, 5) is 11.9. The summed E-state index contributed by atoms with van der Waals surface area (Å²) in [5.41, 5.74) is 2.59. The van der Waals surface area contributed by atoms with Gasteiger partial charge in [-0.05, 0) is 49.0 Å². The second-order valence-corrected chi connectivity index (χ2v) is 20.1. The van der Waals surface area contributed by atoms with Crippen LogP contribution in [0, 0.1) is 0 Å². The molecule has 4 heteroatoms. The van der Waals surface area contributed by atoms with Crippen LogP contribution in [0.15, 0.2) is 65.9 Å². The third-order valence-corrected chi connectivity index (χ3v) is 15.5. The van der Waals surface area contributed by atoms with E-state index < -0.39 is 16.4 Å². The molecule has 32 heavy (non-hydrogen) atoms. The molecule has 0 saturated carbocycles. The van der Waals surface area contributed by atoms with Crippen molar-refractivity contribution in [3.63, 3.8) is 0 Å². The molecule has 0 saturated heterocycles. The highest BCUT2D eigenvalue weighted by molar-refractivity contribution is 6.96. The van der Waals surface area contributed by atoms with Gasteiger partial charge in [-0.1, -0.05) is 105 Å². The molecule has 0 spiro atoms. The number of carbonyl (C=O) groups is 1. The number of hydrogen-bond donors (Lipinski definition) is 0. The molecule has 0 radical (unpaired) electrons. The van der Waals surface area contributed by atoms with Crippen LogP contribution in [0.1, 0.15) is 52.5 Å². The van der Waals surface area contributed by atoms with Crippen molar-refractivity contribution < 1.29 is 9.22 Å². The Balaban J connectivity index is 2.55. The quantitative estimate of drug-likeness (QED) is 0.341. The van der Waals surface area contributed by atoms with Gasteiger partial charge in [0.15, 0.2) is 8.32 Å². The molecule has 2 rings (SSSR count). The predicted octanol–water partition coefficient (Wildman–Crippen LogP) is 7.38. The summed E-state index contributed by atoms with van der Waals surface area (Å²) in [5.74, 6) is 0.245. The Morgan fingerprint density at radius 2 is 1.34 bits per heavy atom. The van der Waals surface area contributed by atoms with Crippen LogP contribution >= 0.6 is 0 Å². The smallest absolute Gasteiger partial charge is 0.191 e. The van der Waals surface area contributed by atoms with Gasteiger partial charge in [0.05, 0.1) is 0 Å². The Labute approximate surface area is 198 Å². The lowest BCUT2D eigenvalue weighted by atomic mass is 9.98. The van der Waals surface area contributed by atoms with Gasteiger partial charge in [-0.2, -0.15) is 0 Å². The van der Waals surface area contributed by atoms with Crippen LogP contribution in [0.3, 0.4) is 0 Å². The van der Waals surface area contributed by atoms with Gasteiger partial charge >= 0.3 is 0 Å². The highest BCUT2D eigenvalue weighted by atomic mass is 28.4. The molecule has 0 amide bonds. The number of benzene rings is 2. The fourth-order valence-corrected chi connectivity index (χ4v) is 8.07. The lowest BCUT2D eigenvalue weighted by molar-refractivity contribution is -0.116. The lowest BCUT2D eigenvalue weighted by Gasteiger charge is -2.37. The van der Waals surface area contributed by atoms with Crippen molar-refractivity contribution in [1.29, 1.82) is 0 Å². The van der Waals surface area contributed by atoms with Crippen LogP contribution < -0.4 is 5.19 Å². The van der Waals surface area contributed by atoms with Crippen LogP contribution in [-0.4, -0.2) is 28.8 Å². The standard InChI is InChI=1S/C28H42O2Si2/c1-23(29)19-20-26(24-15-11-9-12-16-24)27(21-22-30-32(7,8)28(2,3)4)31(5,6)25-17-13-10-14-18-25/h9-18H,19-22H2,1-8H3/b27-26-. The van der Waals surface area contributed by atoms with Crippen molar-refractivity contribution in [2.45, 2.75) is 78.2 Å². The van der Waals surface area contributed by atoms with Crippen LogP contribution in [-0.2, 0) is 9.22 Å². The summed E-state index contributed by atoms with van der Waals surface area (Å²) in [6.45, 7) is 18.9. The zero-order chi connectivity index (χ0) is 24.0. The van der Waals surface area contributed by atoms with E-state index in [2.05, 4.69) is 108 Å². The maximum atomic E-state index is 11.9. The van der Waals surface area contributed by atoms with E-state index in [0.717, 1.165) is 19.4 Å². The van der Waals surface area contributed by atoms with Crippen molar-refractivity contribution in [2.24, 2.45) is 0 Å². The predicted molar refractivity (Wildman–Crippen MR) is 145 cm³/mol. The normalized spacial score (nSPS) is 13.6. The molecule has 0 N–H and O–H groups in total. The van der Waals surface area contributed by atoms with Crippen molar-refractivity contribution >= 4 is 32.9 Å². The summed E-state index contributed by atoms with van der Waals surface area (Å²) >= 11 is 0. The van der Waals surface area contributed by atoms with Crippen LogP contribution in [0.5, 0.6) is 0 Å². The van der Waals surface area contributed by atoms with E-state index in [4.69, 9.17) is 4.43 Å². The van der Waals surface area contributed by atoms with Crippen molar-refractivity contribution in [2.75, 3.05) is 6.61 Å². The van der Waals surface area contributed by atoms with E-state index in [0.29, 0.717) is 6.42 Å². The van der Waals surface area contributed by atoms with Crippen LogP contribution in [0.25, 0.3) is 5.57 Å². The lowest BCUT2D eigenvalue weighted by Crippen LogP contribution is -2.45. The maximum absolute atomic E-state index is 11.9. The third kappa shape index (κ3) is 6.87. The van der Waals surface area contributed by atoms with E-state index >= 15 is 0 Å². The number of Topliss-reactive ketones (excluding diaryl/α,β-unsaturated/α-hetero) is 1. The number of rotatable bonds is 10. The number of carbonyl (C=O) groups excluding carboxylic acids is 1. The van der Waals surface area contributed by atoms with Gasteiger partial charge < -0.3 is 9.22 Å². The van der Waals surface area contributed by atoms with Gasteiger partial charge in [-0.3, -0.25) is 0 Å². The molecule has 0 bridgehead atoms. The van der Waals surface area contributed by atoms with Crippen LogP contribution in [0.4, 0.5) is 0 Å². The minimum absolute atomic E-state index is 0.195. The second kappa shape index (κ2) is 10.9. The largest absolute Gasteiger partial charge is 0.417 e.